The average Bonchev–Trinajstić information content (AvgIpc) is 3.26. The number of carbonyl (C=O) groups is 1. The Balaban J connectivity index is 1.60. The lowest BCUT2D eigenvalue weighted by molar-refractivity contribution is -0.116. The van der Waals surface area contributed by atoms with Crippen molar-refractivity contribution in [2.24, 2.45) is 0 Å². The minimum absolute atomic E-state index is 0.102. The highest BCUT2D eigenvalue weighted by atomic mass is 32.2. The summed E-state index contributed by atoms with van der Waals surface area (Å²) in [5.74, 6) is -0.0251. The third-order valence-electron chi connectivity index (χ3n) is 5.16. The van der Waals surface area contributed by atoms with Crippen molar-refractivity contribution in [1.29, 1.82) is 5.26 Å². The summed E-state index contributed by atoms with van der Waals surface area (Å²) in [4.78, 5) is 14.7. The Morgan fingerprint density at radius 1 is 0.971 bits per heavy atom. The first-order valence-corrected chi connectivity index (χ1v) is 11.7. The Morgan fingerprint density at radius 3 is 2.35 bits per heavy atom. The second-order valence-electron chi connectivity index (χ2n) is 7.44. The predicted molar refractivity (Wildman–Crippen MR) is 131 cm³/mol. The summed E-state index contributed by atoms with van der Waals surface area (Å²) in [6.45, 7) is 0.738. The molecule has 0 N–H and O–H groups in total. The highest BCUT2D eigenvalue weighted by molar-refractivity contribution is 7.99. The first kappa shape index (κ1) is 23.2. The van der Waals surface area contributed by atoms with Crippen LogP contribution in [0.1, 0.15) is 12.0 Å². The predicted octanol–water partition coefficient (Wildman–Crippen LogP) is 5.17. The molecule has 0 saturated heterocycles. The fraction of sp³-hybridized carbons (Fsp3) is 0.154. The SMILES string of the molecule is N#CCCN(C(=O)CSc1nnc(-c2ccccc2F)n1Cc1ccccc1)c1ccccc1. The van der Waals surface area contributed by atoms with Crippen molar-refractivity contribution < 1.29 is 9.18 Å². The second kappa shape index (κ2) is 11.3. The van der Waals surface area contributed by atoms with Crippen molar-refractivity contribution in [2.45, 2.75) is 18.1 Å². The molecule has 6 nitrogen and oxygen atoms in total. The Labute approximate surface area is 201 Å². The van der Waals surface area contributed by atoms with Gasteiger partial charge in [-0.1, -0.05) is 72.4 Å². The van der Waals surface area contributed by atoms with E-state index < -0.39 is 0 Å². The van der Waals surface area contributed by atoms with E-state index >= 15 is 0 Å². The smallest absolute Gasteiger partial charge is 0.237 e. The molecule has 0 saturated carbocycles. The van der Waals surface area contributed by atoms with Crippen LogP contribution in [0, 0.1) is 17.1 Å². The van der Waals surface area contributed by atoms with Crippen LogP contribution in [-0.4, -0.2) is 33.0 Å². The van der Waals surface area contributed by atoms with Gasteiger partial charge in [0.1, 0.15) is 5.82 Å². The van der Waals surface area contributed by atoms with Gasteiger partial charge in [0.15, 0.2) is 11.0 Å². The molecule has 0 spiro atoms. The van der Waals surface area contributed by atoms with Crippen LogP contribution in [0.25, 0.3) is 11.4 Å². The van der Waals surface area contributed by atoms with Gasteiger partial charge in [-0.3, -0.25) is 9.36 Å². The van der Waals surface area contributed by atoms with Crippen molar-refractivity contribution >= 4 is 23.4 Å². The van der Waals surface area contributed by atoms with Gasteiger partial charge in [-0.15, -0.1) is 10.2 Å². The zero-order valence-electron chi connectivity index (χ0n) is 18.3. The fourth-order valence-electron chi connectivity index (χ4n) is 3.52. The molecule has 8 heteroatoms. The second-order valence-corrected chi connectivity index (χ2v) is 8.38. The van der Waals surface area contributed by atoms with E-state index in [2.05, 4.69) is 16.3 Å². The molecular formula is C26H22FN5OS. The van der Waals surface area contributed by atoms with Crippen LogP contribution in [0.3, 0.4) is 0 Å². The van der Waals surface area contributed by atoms with E-state index in [1.807, 2.05) is 65.2 Å². The molecule has 0 unspecified atom stereocenters. The molecular weight excluding hydrogens is 449 g/mol. The first-order valence-electron chi connectivity index (χ1n) is 10.7. The topological polar surface area (TPSA) is 74.8 Å². The van der Waals surface area contributed by atoms with E-state index in [4.69, 9.17) is 5.26 Å². The molecule has 34 heavy (non-hydrogen) atoms. The maximum Gasteiger partial charge on any atom is 0.237 e. The van der Waals surface area contributed by atoms with Crippen LogP contribution in [0.2, 0.25) is 0 Å². The monoisotopic (exact) mass is 471 g/mol. The van der Waals surface area contributed by atoms with Crippen LogP contribution in [-0.2, 0) is 11.3 Å². The quantitative estimate of drug-likeness (QED) is 0.315. The number of hydrogen-bond donors (Lipinski definition) is 0. The number of halogens is 1. The molecule has 170 valence electrons. The summed E-state index contributed by atoms with van der Waals surface area (Å²) < 4.78 is 16.4. The lowest BCUT2D eigenvalue weighted by Crippen LogP contribution is -2.33. The number of carbonyl (C=O) groups excluding carboxylic acids is 1. The number of thioether (sulfide) groups is 1. The van der Waals surface area contributed by atoms with E-state index in [0.29, 0.717) is 29.6 Å². The average molecular weight is 472 g/mol. The highest BCUT2D eigenvalue weighted by Crippen LogP contribution is 2.27. The highest BCUT2D eigenvalue weighted by Gasteiger charge is 2.21. The summed E-state index contributed by atoms with van der Waals surface area (Å²) in [6, 6.07) is 27.6. The van der Waals surface area contributed by atoms with Gasteiger partial charge in [-0.05, 0) is 29.8 Å². The maximum absolute atomic E-state index is 14.6. The number of anilines is 1. The van der Waals surface area contributed by atoms with Crippen molar-refractivity contribution in [3.63, 3.8) is 0 Å². The van der Waals surface area contributed by atoms with Gasteiger partial charge in [0, 0.05) is 12.2 Å². The molecule has 0 bridgehead atoms. The van der Waals surface area contributed by atoms with Crippen LogP contribution in [0.4, 0.5) is 10.1 Å². The summed E-state index contributed by atoms with van der Waals surface area (Å²) in [7, 11) is 0. The van der Waals surface area contributed by atoms with Gasteiger partial charge < -0.3 is 4.90 Å². The zero-order valence-corrected chi connectivity index (χ0v) is 19.2. The van der Waals surface area contributed by atoms with Crippen LogP contribution >= 0.6 is 11.8 Å². The lowest BCUT2D eigenvalue weighted by Gasteiger charge is -2.21. The van der Waals surface area contributed by atoms with Gasteiger partial charge in [0.25, 0.3) is 0 Å². The van der Waals surface area contributed by atoms with Crippen molar-refractivity contribution in [1.82, 2.24) is 14.8 Å². The summed E-state index contributed by atoms with van der Waals surface area (Å²) in [6.07, 6.45) is 0.229. The number of aromatic nitrogens is 3. The molecule has 4 aromatic rings. The van der Waals surface area contributed by atoms with Gasteiger partial charge in [0.05, 0.1) is 30.4 Å². The molecule has 0 aliphatic heterocycles. The molecule has 0 radical (unpaired) electrons. The molecule has 1 aromatic heterocycles. The minimum atomic E-state index is -0.386. The summed E-state index contributed by atoms with van der Waals surface area (Å²) in [5, 5.41) is 18.1. The number of amides is 1. The van der Waals surface area contributed by atoms with Crippen molar-refractivity contribution in [2.75, 3.05) is 17.2 Å². The third-order valence-corrected chi connectivity index (χ3v) is 6.11. The van der Waals surface area contributed by atoms with Gasteiger partial charge in [-0.25, -0.2) is 4.39 Å². The molecule has 1 amide bonds. The summed E-state index contributed by atoms with van der Waals surface area (Å²) in [5.41, 5.74) is 2.10. The lowest BCUT2D eigenvalue weighted by atomic mass is 10.2. The summed E-state index contributed by atoms with van der Waals surface area (Å²) >= 11 is 1.24. The van der Waals surface area contributed by atoms with Crippen LogP contribution < -0.4 is 4.90 Å². The van der Waals surface area contributed by atoms with Crippen LogP contribution in [0.15, 0.2) is 90.1 Å². The van der Waals surface area contributed by atoms with E-state index in [1.54, 1.807) is 23.1 Å². The number of para-hydroxylation sites is 1. The standard InChI is InChI=1S/C26H22FN5OS/c27-23-15-8-7-14-22(23)25-29-30-26(32(25)18-20-10-3-1-4-11-20)34-19-24(33)31(17-9-16-28)21-12-5-2-6-13-21/h1-8,10-15H,9,17-19H2. The number of nitriles is 1. The first-order chi connectivity index (χ1) is 16.7. The molecule has 1 heterocycles. The van der Waals surface area contributed by atoms with E-state index in [9.17, 15) is 9.18 Å². The Morgan fingerprint density at radius 2 is 1.65 bits per heavy atom. The number of hydrogen-bond acceptors (Lipinski definition) is 5. The van der Waals surface area contributed by atoms with Gasteiger partial charge in [-0.2, -0.15) is 5.26 Å². The zero-order chi connectivity index (χ0) is 23.8. The largest absolute Gasteiger partial charge is 0.311 e. The number of nitrogens with zero attached hydrogens (tertiary/aromatic N) is 5. The van der Waals surface area contributed by atoms with E-state index in [1.165, 1.54) is 17.8 Å². The minimum Gasteiger partial charge on any atom is -0.311 e. The molecule has 0 aliphatic rings. The third kappa shape index (κ3) is 5.50. The number of benzene rings is 3. The Bertz CT molecular complexity index is 1290. The normalized spacial score (nSPS) is 10.6. The van der Waals surface area contributed by atoms with Gasteiger partial charge >= 0.3 is 0 Å². The fourth-order valence-corrected chi connectivity index (χ4v) is 4.33. The molecule has 4 rings (SSSR count). The molecule has 0 atom stereocenters. The van der Waals surface area contributed by atoms with Gasteiger partial charge in [0.2, 0.25) is 5.91 Å². The molecule has 0 aliphatic carbocycles. The van der Waals surface area contributed by atoms with Crippen molar-refractivity contribution in [3.8, 4) is 17.5 Å². The molecule has 3 aromatic carbocycles. The molecule has 0 fully saturated rings. The van der Waals surface area contributed by atoms with E-state index in [-0.39, 0.29) is 23.9 Å². The number of rotatable bonds is 9. The maximum atomic E-state index is 14.6. The van der Waals surface area contributed by atoms with Crippen molar-refractivity contribution in [3.05, 3.63) is 96.3 Å². The Hall–Kier alpha value is -3.96. The Kier molecular flexibility index (Phi) is 7.68. The van der Waals surface area contributed by atoms with E-state index in [0.717, 1.165) is 11.3 Å². The van der Waals surface area contributed by atoms with Crippen LogP contribution in [0.5, 0.6) is 0 Å².